The van der Waals surface area contributed by atoms with Crippen LogP contribution in [0.2, 0.25) is 0 Å². The van der Waals surface area contributed by atoms with Crippen molar-refractivity contribution in [3.05, 3.63) is 41.2 Å². The molecule has 0 aromatic heterocycles. The summed E-state index contributed by atoms with van der Waals surface area (Å²) in [7, 11) is 0. The van der Waals surface area contributed by atoms with Gasteiger partial charge in [-0.2, -0.15) is 0 Å². The van der Waals surface area contributed by atoms with E-state index in [1.807, 2.05) is 0 Å². The van der Waals surface area contributed by atoms with Crippen LogP contribution in [0, 0.1) is 5.82 Å². The Balaban J connectivity index is 3.08. The van der Waals surface area contributed by atoms with Gasteiger partial charge in [0.2, 0.25) is 0 Å². The Hall–Kier alpha value is -1.15. The van der Waals surface area contributed by atoms with E-state index in [-0.39, 0.29) is 5.82 Å². The van der Waals surface area contributed by atoms with E-state index in [4.69, 9.17) is 11.6 Å². The Morgan fingerprint density at radius 2 is 2.15 bits per heavy atom. The zero-order chi connectivity index (χ0) is 9.68. The van der Waals surface area contributed by atoms with Gasteiger partial charge in [-0.15, -0.1) is 11.6 Å². The van der Waals surface area contributed by atoms with E-state index in [1.165, 1.54) is 18.2 Å². The molecule has 1 aromatic rings. The zero-order valence-electron chi connectivity index (χ0n) is 6.84. The lowest BCUT2D eigenvalue weighted by atomic mass is 10.1. The van der Waals surface area contributed by atoms with Crippen LogP contribution in [0.4, 0.5) is 4.39 Å². The van der Waals surface area contributed by atoms with Crippen molar-refractivity contribution in [2.24, 2.45) is 0 Å². The molecule has 0 aliphatic carbocycles. The Morgan fingerprint density at radius 1 is 1.38 bits per heavy atom. The first-order valence-corrected chi connectivity index (χ1v) is 4.28. The molecule has 0 spiro atoms. The fourth-order valence-corrected chi connectivity index (χ4v) is 1.06. The molecule has 0 bridgehead atoms. The van der Waals surface area contributed by atoms with Crippen molar-refractivity contribution in [2.45, 2.75) is 0 Å². The maximum absolute atomic E-state index is 12.7. The van der Waals surface area contributed by atoms with Gasteiger partial charge in [0.25, 0.3) is 0 Å². The van der Waals surface area contributed by atoms with Gasteiger partial charge in [-0.25, -0.2) is 4.39 Å². The molecule has 1 nitrogen and oxygen atoms in total. The first-order chi connectivity index (χ1) is 6.27. The molecule has 1 aromatic carbocycles. The molecule has 0 saturated carbocycles. The number of aldehydes is 1. The first kappa shape index (κ1) is 9.93. The van der Waals surface area contributed by atoms with E-state index >= 15 is 0 Å². The number of hydrogen-bond donors (Lipinski definition) is 0. The molecule has 0 fully saturated rings. The summed E-state index contributed by atoms with van der Waals surface area (Å²) in [6, 6.07) is 3.99. The second kappa shape index (κ2) is 4.77. The summed E-state index contributed by atoms with van der Waals surface area (Å²) in [5.74, 6) is -0.0192. The monoisotopic (exact) mass is 198 g/mol. The summed E-state index contributed by atoms with van der Waals surface area (Å²) in [6.45, 7) is 0. The van der Waals surface area contributed by atoms with Crippen molar-refractivity contribution in [1.29, 1.82) is 0 Å². The molecule has 0 aliphatic rings. The van der Waals surface area contributed by atoms with Gasteiger partial charge in [-0.3, -0.25) is 4.79 Å². The lowest BCUT2D eigenvalue weighted by Gasteiger charge is -1.97. The van der Waals surface area contributed by atoms with Crippen molar-refractivity contribution < 1.29 is 9.18 Å². The molecule has 0 atom stereocenters. The van der Waals surface area contributed by atoms with Gasteiger partial charge in [-0.05, 0) is 23.8 Å². The van der Waals surface area contributed by atoms with Crippen molar-refractivity contribution >= 4 is 24.0 Å². The summed E-state index contributed by atoms with van der Waals surface area (Å²) in [6.07, 6.45) is 3.97. The van der Waals surface area contributed by atoms with Crippen LogP contribution in [0.3, 0.4) is 0 Å². The Kier molecular flexibility index (Phi) is 3.65. The fourth-order valence-electron chi connectivity index (χ4n) is 0.969. The van der Waals surface area contributed by atoms with E-state index in [0.29, 0.717) is 23.3 Å². The average molecular weight is 199 g/mol. The minimum atomic E-state index is -0.361. The Labute approximate surface area is 80.8 Å². The number of allylic oxidation sites excluding steroid dienone is 1. The van der Waals surface area contributed by atoms with E-state index in [9.17, 15) is 9.18 Å². The number of halogens is 2. The van der Waals surface area contributed by atoms with Crippen LogP contribution < -0.4 is 0 Å². The van der Waals surface area contributed by atoms with Crippen molar-refractivity contribution in [2.75, 3.05) is 5.88 Å². The summed E-state index contributed by atoms with van der Waals surface area (Å²) in [5, 5.41) is 0. The highest BCUT2D eigenvalue weighted by Gasteiger charge is 1.99. The summed E-state index contributed by atoms with van der Waals surface area (Å²) in [4.78, 5) is 10.5. The molecule has 13 heavy (non-hydrogen) atoms. The molecular weight excluding hydrogens is 191 g/mol. The van der Waals surface area contributed by atoms with Gasteiger partial charge in [-0.1, -0.05) is 12.2 Å². The van der Waals surface area contributed by atoms with E-state index < -0.39 is 0 Å². The third-order valence-corrected chi connectivity index (χ3v) is 1.74. The number of rotatable bonds is 3. The second-order valence-electron chi connectivity index (χ2n) is 2.45. The van der Waals surface area contributed by atoms with Gasteiger partial charge in [0.15, 0.2) is 6.29 Å². The topological polar surface area (TPSA) is 17.1 Å². The molecule has 68 valence electrons. The maximum atomic E-state index is 12.7. The fraction of sp³-hybridized carbons (Fsp3) is 0.100. The highest BCUT2D eigenvalue weighted by molar-refractivity contribution is 6.19. The second-order valence-corrected chi connectivity index (χ2v) is 2.76. The maximum Gasteiger partial charge on any atom is 0.150 e. The van der Waals surface area contributed by atoms with Crippen LogP contribution in [-0.2, 0) is 0 Å². The highest BCUT2D eigenvalue weighted by Crippen LogP contribution is 2.11. The van der Waals surface area contributed by atoms with Crippen molar-refractivity contribution in [3.63, 3.8) is 0 Å². The Morgan fingerprint density at radius 3 is 2.77 bits per heavy atom. The third-order valence-electron chi connectivity index (χ3n) is 1.56. The van der Waals surface area contributed by atoms with Gasteiger partial charge < -0.3 is 0 Å². The van der Waals surface area contributed by atoms with Crippen LogP contribution in [0.1, 0.15) is 15.9 Å². The number of carbonyl (C=O) groups is 1. The summed E-state index contributed by atoms with van der Waals surface area (Å²) < 4.78 is 12.7. The van der Waals surface area contributed by atoms with Gasteiger partial charge >= 0.3 is 0 Å². The number of alkyl halides is 1. The molecule has 0 heterocycles. The molecule has 0 unspecified atom stereocenters. The lowest BCUT2D eigenvalue weighted by Crippen LogP contribution is -1.87. The molecule has 1 rings (SSSR count). The summed E-state index contributed by atoms with van der Waals surface area (Å²) >= 11 is 5.42. The average Bonchev–Trinajstić information content (AvgIpc) is 2.15. The quantitative estimate of drug-likeness (QED) is 0.539. The normalized spacial score (nSPS) is 10.6. The number of carbonyl (C=O) groups excluding carboxylic acids is 1. The smallest absolute Gasteiger partial charge is 0.150 e. The SMILES string of the molecule is O=Cc1ccc(F)cc1C=CCCl. The predicted molar refractivity (Wildman–Crippen MR) is 51.5 cm³/mol. The number of benzene rings is 1. The first-order valence-electron chi connectivity index (χ1n) is 3.75. The molecule has 3 heteroatoms. The zero-order valence-corrected chi connectivity index (χ0v) is 7.59. The van der Waals surface area contributed by atoms with Crippen LogP contribution >= 0.6 is 11.6 Å². The Bertz CT molecular complexity index is 334. The molecular formula is C10H8ClFO. The predicted octanol–water partition coefficient (Wildman–Crippen LogP) is 2.89. The van der Waals surface area contributed by atoms with E-state index in [1.54, 1.807) is 12.2 Å². The van der Waals surface area contributed by atoms with Crippen molar-refractivity contribution in [3.8, 4) is 0 Å². The largest absolute Gasteiger partial charge is 0.298 e. The third kappa shape index (κ3) is 2.67. The molecule has 0 N–H and O–H groups in total. The van der Waals surface area contributed by atoms with Gasteiger partial charge in [0, 0.05) is 11.4 Å². The van der Waals surface area contributed by atoms with Crippen LogP contribution in [0.5, 0.6) is 0 Å². The van der Waals surface area contributed by atoms with Crippen molar-refractivity contribution in [1.82, 2.24) is 0 Å². The lowest BCUT2D eigenvalue weighted by molar-refractivity contribution is 0.112. The minimum absolute atomic E-state index is 0.342. The van der Waals surface area contributed by atoms with Crippen LogP contribution in [-0.4, -0.2) is 12.2 Å². The van der Waals surface area contributed by atoms with E-state index in [2.05, 4.69) is 0 Å². The van der Waals surface area contributed by atoms with Crippen LogP contribution in [0.15, 0.2) is 24.3 Å². The minimum Gasteiger partial charge on any atom is -0.298 e. The van der Waals surface area contributed by atoms with Crippen LogP contribution in [0.25, 0.3) is 6.08 Å². The number of hydrogen-bond acceptors (Lipinski definition) is 1. The standard InChI is InChI=1S/C10H8ClFO/c11-5-1-2-8-6-10(12)4-3-9(8)7-13/h1-4,6-7H,5H2. The molecule has 0 saturated heterocycles. The summed E-state index contributed by atoms with van der Waals surface area (Å²) in [5.41, 5.74) is 1.01. The molecule has 0 aliphatic heterocycles. The molecule has 0 amide bonds. The van der Waals surface area contributed by atoms with E-state index in [0.717, 1.165) is 0 Å². The highest BCUT2D eigenvalue weighted by atomic mass is 35.5. The van der Waals surface area contributed by atoms with Gasteiger partial charge in [0.1, 0.15) is 5.82 Å². The van der Waals surface area contributed by atoms with Gasteiger partial charge in [0.05, 0.1) is 0 Å². The molecule has 0 radical (unpaired) electrons.